The highest BCUT2D eigenvalue weighted by atomic mass is 35.5. The van der Waals surface area contributed by atoms with Crippen molar-refractivity contribution >= 4 is 34.3 Å². The van der Waals surface area contributed by atoms with Crippen molar-refractivity contribution in [1.29, 1.82) is 5.41 Å². The Morgan fingerprint density at radius 1 is 1.11 bits per heavy atom. The second-order valence-electron chi connectivity index (χ2n) is 3.99. The van der Waals surface area contributed by atoms with E-state index in [9.17, 15) is 5.11 Å². The molecule has 0 amide bonds. The third kappa shape index (κ3) is 1.99. The van der Waals surface area contributed by atoms with E-state index in [1.165, 1.54) is 16.7 Å². The van der Waals surface area contributed by atoms with E-state index < -0.39 is 0 Å². The number of hydrogen-bond donors (Lipinski definition) is 2. The fourth-order valence-electron chi connectivity index (χ4n) is 1.93. The van der Waals surface area contributed by atoms with Crippen LogP contribution in [0.3, 0.4) is 0 Å². The molecule has 4 nitrogen and oxygen atoms in total. The fourth-order valence-corrected chi connectivity index (χ4v) is 2.42. The third-order valence-electron chi connectivity index (χ3n) is 2.74. The van der Waals surface area contributed by atoms with E-state index in [-0.39, 0.29) is 11.4 Å². The zero-order valence-corrected chi connectivity index (χ0v) is 11.0. The second kappa shape index (κ2) is 4.33. The standard InChI is InChI=1S/C13H8Cl2N2O2/c14-7-1-3-10(9(15)5-7)17-11-6-8(18)2-4-12(11)19-13(17)16/h1-6,16,18H. The Morgan fingerprint density at radius 3 is 2.63 bits per heavy atom. The summed E-state index contributed by atoms with van der Waals surface area (Å²) in [6.45, 7) is 0. The summed E-state index contributed by atoms with van der Waals surface area (Å²) in [5, 5.41) is 18.3. The third-order valence-corrected chi connectivity index (χ3v) is 3.28. The van der Waals surface area contributed by atoms with Crippen molar-refractivity contribution in [3.05, 3.63) is 52.1 Å². The summed E-state index contributed by atoms with van der Waals surface area (Å²) >= 11 is 12.0. The van der Waals surface area contributed by atoms with Gasteiger partial charge < -0.3 is 9.52 Å². The first-order chi connectivity index (χ1) is 9.06. The number of fused-ring (bicyclic) bond motifs is 1. The number of halogens is 2. The summed E-state index contributed by atoms with van der Waals surface area (Å²) < 4.78 is 6.83. The Hall–Kier alpha value is -1.91. The lowest BCUT2D eigenvalue weighted by atomic mass is 10.2. The SMILES string of the molecule is N=c1oc2ccc(O)cc2n1-c1ccc(Cl)cc1Cl. The van der Waals surface area contributed by atoms with Crippen LogP contribution in [-0.2, 0) is 0 Å². The van der Waals surface area contributed by atoms with Gasteiger partial charge in [-0.2, -0.15) is 0 Å². The molecule has 1 heterocycles. The number of nitrogens with one attached hydrogen (secondary N) is 1. The quantitative estimate of drug-likeness (QED) is 0.718. The molecular weight excluding hydrogens is 287 g/mol. The minimum atomic E-state index is -0.0789. The van der Waals surface area contributed by atoms with Gasteiger partial charge in [-0.1, -0.05) is 23.2 Å². The number of phenols is 1. The van der Waals surface area contributed by atoms with E-state index in [0.717, 1.165) is 0 Å². The maximum absolute atomic E-state index is 9.55. The van der Waals surface area contributed by atoms with E-state index in [1.54, 1.807) is 24.3 Å². The molecule has 0 saturated carbocycles. The van der Waals surface area contributed by atoms with Gasteiger partial charge in [0.15, 0.2) is 5.58 Å². The van der Waals surface area contributed by atoms with Crippen molar-refractivity contribution < 1.29 is 9.52 Å². The van der Waals surface area contributed by atoms with Crippen molar-refractivity contribution in [3.8, 4) is 11.4 Å². The summed E-state index contributed by atoms with van der Waals surface area (Å²) in [6.07, 6.45) is 0. The molecule has 1 aromatic heterocycles. The summed E-state index contributed by atoms with van der Waals surface area (Å²) in [4.78, 5) is 0. The maximum Gasteiger partial charge on any atom is 0.299 e. The molecule has 0 fully saturated rings. The molecule has 0 aliphatic rings. The van der Waals surface area contributed by atoms with Gasteiger partial charge in [0.2, 0.25) is 0 Å². The number of hydrogen-bond acceptors (Lipinski definition) is 3. The van der Waals surface area contributed by atoms with Crippen molar-refractivity contribution in [2.75, 3.05) is 0 Å². The first kappa shape index (κ1) is 12.1. The Labute approximate surface area is 117 Å². The van der Waals surface area contributed by atoms with Crippen LogP contribution in [0, 0.1) is 5.41 Å². The number of aromatic hydroxyl groups is 1. The lowest BCUT2D eigenvalue weighted by Gasteiger charge is -2.06. The van der Waals surface area contributed by atoms with Crippen molar-refractivity contribution in [1.82, 2.24) is 4.57 Å². The monoisotopic (exact) mass is 294 g/mol. The zero-order valence-electron chi connectivity index (χ0n) is 9.52. The van der Waals surface area contributed by atoms with Crippen LogP contribution in [0.25, 0.3) is 16.8 Å². The van der Waals surface area contributed by atoms with Gasteiger partial charge in [0.05, 0.1) is 16.2 Å². The molecule has 0 aliphatic heterocycles. The number of oxazole rings is 1. The lowest BCUT2D eigenvalue weighted by Crippen LogP contribution is -2.12. The van der Waals surface area contributed by atoms with Crippen LogP contribution >= 0.6 is 23.2 Å². The largest absolute Gasteiger partial charge is 0.508 e. The number of nitrogens with zero attached hydrogens (tertiary/aromatic N) is 1. The Kier molecular flexibility index (Phi) is 2.77. The number of phenolic OH excluding ortho intramolecular Hbond substituents is 1. The van der Waals surface area contributed by atoms with Crippen LogP contribution in [0.2, 0.25) is 10.0 Å². The molecule has 0 spiro atoms. The molecule has 3 rings (SSSR count). The van der Waals surface area contributed by atoms with Gasteiger partial charge in [-0.25, -0.2) is 0 Å². The highest BCUT2D eigenvalue weighted by Gasteiger charge is 2.12. The fraction of sp³-hybridized carbons (Fsp3) is 0. The van der Waals surface area contributed by atoms with E-state index in [4.69, 9.17) is 33.0 Å². The van der Waals surface area contributed by atoms with Crippen LogP contribution in [-0.4, -0.2) is 9.67 Å². The summed E-state index contributed by atoms with van der Waals surface area (Å²) in [5.74, 6) is 0.0899. The normalized spacial score (nSPS) is 11.1. The van der Waals surface area contributed by atoms with Gasteiger partial charge >= 0.3 is 0 Å². The first-order valence-electron chi connectivity index (χ1n) is 5.41. The summed E-state index contributed by atoms with van der Waals surface area (Å²) in [5.41, 5.74) is 1.55. The predicted molar refractivity (Wildman–Crippen MR) is 73.1 cm³/mol. The van der Waals surface area contributed by atoms with Gasteiger partial charge in [0, 0.05) is 11.1 Å². The van der Waals surface area contributed by atoms with E-state index in [2.05, 4.69) is 0 Å². The van der Waals surface area contributed by atoms with Crippen LogP contribution in [0.5, 0.6) is 5.75 Å². The van der Waals surface area contributed by atoms with Crippen molar-refractivity contribution in [3.63, 3.8) is 0 Å². The molecule has 6 heteroatoms. The highest BCUT2D eigenvalue weighted by Crippen LogP contribution is 2.27. The van der Waals surface area contributed by atoms with Crippen molar-refractivity contribution in [2.45, 2.75) is 0 Å². The smallest absolute Gasteiger partial charge is 0.299 e. The molecule has 0 atom stereocenters. The Bertz CT molecular complexity index is 836. The molecule has 19 heavy (non-hydrogen) atoms. The average molecular weight is 295 g/mol. The molecule has 0 saturated heterocycles. The highest BCUT2D eigenvalue weighted by molar-refractivity contribution is 6.35. The molecule has 3 aromatic rings. The second-order valence-corrected chi connectivity index (χ2v) is 4.83. The molecule has 0 aliphatic carbocycles. The first-order valence-corrected chi connectivity index (χ1v) is 6.16. The number of benzene rings is 2. The molecule has 2 N–H and O–H groups in total. The minimum absolute atomic E-state index is 0.0789. The maximum atomic E-state index is 9.55. The summed E-state index contributed by atoms with van der Waals surface area (Å²) in [7, 11) is 0. The Morgan fingerprint density at radius 2 is 1.89 bits per heavy atom. The summed E-state index contributed by atoms with van der Waals surface area (Å²) in [6, 6.07) is 9.58. The number of rotatable bonds is 1. The molecular formula is C13H8Cl2N2O2. The van der Waals surface area contributed by atoms with Gasteiger partial charge in [0.1, 0.15) is 5.75 Å². The number of aromatic nitrogens is 1. The zero-order chi connectivity index (χ0) is 13.6. The molecule has 0 radical (unpaired) electrons. The molecule has 0 unspecified atom stereocenters. The van der Waals surface area contributed by atoms with Gasteiger partial charge in [0.25, 0.3) is 5.68 Å². The molecule has 0 bridgehead atoms. The average Bonchev–Trinajstić information content (AvgIpc) is 2.65. The lowest BCUT2D eigenvalue weighted by molar-refractivity contribution is 0.475. The van der Waals surface area contributed by atoms with Crippen LogP contribution in [0.15, 0.2) is 40.8 Å². The Balaban J connectivity index is 2.38. The predicted octanol–water partition coefficient (Wildman–Crippen LogP) is 3.72. The van der Waals surface area contributed by atoms with Crippen molar-refractivity contribution in [2.24, 2.45) is 0 Å². The molecule has 2 aromatic carbocycles. The van der Waals surface area contributed by atoms with E-state index in [0.29, 0.717) is 26.8 Å². The minimum Gasteiger partial charge on any atom is -0.508 e. The van der Waals surface area contributed by atoms with Gasteiger partial charge in [-0.15, -0.1) is 0 Å². The van der Waals surface area contributed by atoms with Crippen LogP contribution in [0.4, 0.5) is 0 Å². The van der Waals surface area contributed by atoms with Crippen LogP contribution < -0.4 is 5.68 Å². The van der Waals surface area contributed by atoms with E-state index >= 15 is 0 Å². The van der Waals surface area contributed by atoms with E-state index in [1.807, 2.05) is 0 Å². The van der Waals surface area contributed by atoms with Crippen LogP contribution in [0.1, 0.15) is 0 Å². The topological polar surface area (TPSA) is 62.1 Å². The van der Waals surface area contributed by atoms with Gasteiger partial charge in [-0.05, 0) is 30.3 Å². The van der Waals surface area contributed by atoms with Gasteiger partial charge in [-0.3, -0.25) is 9.98 Å². The molecule has 96 valence electrons.